The van der Waals surface area contributed by atoms with Crippen LogP contribution in [0.3, 0.4) is 0 Å². The van der Waals surface area contributed by atoms with Gasteiger partial charge in [0.25, 0.3) is 0 Å². The van der Waals surface area contributed by atoms with Gasteiger partial charge in [0.1, 0.15) is 5.75 Å². The molecular formula is C27H32N2O2. The van der Waals surface area contributed by atoms with E-state index in [1.54, 1.807) is 7.11 Å². The molecular weight excluding hydrogens is 384 g/mol. The average Bonchev–Trinajstić information content (AvgIpc) is 3.22. The number of aliphatic hydroxyl groups is 1. The molecule has 3 atom stereocenters. The van der Waals surface area contributed by atoms with Gasteiger partial charge in [-0.1, -0.05) is 66.2 Å². The molecule has 0 aliphatic carbocycles. The van der Waals surface area contributed by atoms with Crippen LogP contribution in [0.15, 0.2) is 78.9 Å². The van der Waals surface area contributed by atoms with Gasteiger partial charge in [0.05, 0.1) is 19.8 Å². The highest BCUT2D eigenvalue weighted by Crippen LogP contribution is 2.38. The van der Waals surface area contributed by atoms with Gasteiger partial charge >= 0.3 is 0 Å². The summed E-state index contributed by atoms with van der Waals surface area (Å²) >= 11 is 0. The molecule has 1 aliphatic rings. The Kier molecular flexibility index (Phi) is 6.90. The fraction of sp³-hybridized carbons (Fsp3) is 0.333. The van der Waals surface area contributed by atoms with E-state index >= 15 is 0 Å². The van der Waals surface area contributed by atoms with E-state index in [0.717, 1.165) is 30.8 Å². The Hall–Kier alpha value is -2.82. The molecule has 1 fully saturated rings. The number of likely N-dealkylation sites (tertiary alicyclic amines) is 1. The first-order chi connectivity index (χ1) is 15.2. The predicted octanol–water partition coefficient (Wildman–Crippen LogP) is 5.35. The van der Waals surface area contributed by atoms with Gasteiger partial charge in [0.2, 0.25) is 0 Å². The van der Waals surface area contributed by atoms with E-state index in [2.05, 4.69) is 77.8 Å². The number of hydrogen-bond acceptors (Lipinski definition) is 4. The molecule has 162 valence electrons. The topological polar surface area (TPSA) is 44.7 Å². The van der Waals surface area contributed by atoms with Crippen molar-refractivity contribution in [2.24, 2.45) is 0 Å². The molecule has 0 saturated carbocycles. The van der Waals surface area contributed by atoms with Crippen LogP contribution in [-0.4, -0.2) is 36.3 Å². The van der Waals surface area contributed by atoms with E-state index in [9.17, 15) is 5.11 Å². The fourth-order valence-electron chi connectivity index (χ4n) is 4.60. The number of methoxy groups -OCH3 is 1. The third kappa shape index (κ3) is 5.09. The van der Waals surface area contributed by atoms with Gasteiger partial charge in [-0.3, -0.25) is 4.90 Å². The Labute approximate surface area is 185 Å². The van der Waals surface area contributed by atoms with Crippen LogP contribution in [0.1, 0.15) is 41.6 Å². The van der Waals surface area contributed by atoms with Crippen LogP contribution in [0.2, 0.25) is 0 Å². The van der Waals surface area contributed by atoms with E-state index in [1.807, 2.05) is 18.2 Å². The molecule has 0 bridgehead atoms. The molecule has 3 unspecified atom stereocenters. The number of anilines is 1. The lowest BCUT2D eigenvalue weighted by atomic mass is 10.0. The minimum atomic E-state index is 0.0890. The highest BCUT2D eigenvalue weighted by Gasteiger charge is 2.35. The van der Waals surface area contributed by atoms with Crippen molar-refractivity contribution in [3.63, 3.8) is 0 Å². The number of nitrogens with one attached hydrogen (secondary N) is 1. The third-order valence-electron chi connectivity index (χ3n) is 6.32. The first kappa shape index (κ1) is 21.4. The lowest BCUT2D eigenvalue weighted by molar-refractivity contribution is 0.124. The zero-order chi connectivity index (χ0) is 21.6. The molecule has 4 rings (SSSR count). The summed E-state index contributed by atoms with van der Waals surface area (Å²) in [6.07, 6.45) is 2.07. The van der Waals surface area contributed by atoms with Gasteiger partial charge in [-0.25, -0.2) is 0 Å². The van der Waals surface area contributed by atoms with Crippen LogP contribution >= 0.6 is 0 Å². The first-order valence-corrected chi connectivity index (χ1v) is 11.1. The molecule has 1 aliphatic heterocycles. The molecule has 0 radical (unpaired) electrons. The van der Waals surface area contributed by atoms with Crippen molar-refractivity contribution < 1.29 is 9.84 Å². The molecule has 4 heteroatoms. The third-order valence-corrected chi connectivity index (χ3v) is 6.32. The van der Waals surface area contributed by atoms with Crippen LogP contribution in [-0.2, 0) is 0 Å². The first-order valence-electron chi connectivity index (χ1n) is 11.1. The molecule has 31 heavy (non-hydrogen) atoms. The maximum Gasteiger partial charge on any atom is 0.120 e. The molecule has 0 amide bonds. The molecule has 0 aromatic heterocycles. The number of ether oxygens (including phenoxy) is 1. The second-order valence-corrected chi connectivity index (χ2v) is 8.38. The van der Waals surface area contributed by atoms with Crippen molar-refractivity contribution in [1.82, 2.24) is 4.90 Å². The second-order valence-electron chi connectivity index (χ2n) is 8.38. The van der Waals surface area contributed by atoms with Crippen molar-refractivity contribution in [1.29, 1.82) is 0 Å². The molecule has 1 saturated heterocycles. The summed E-state index contributed by atoms with van der Waals surface area (Å²) in [7, 11) is 1.69. The van der Waals surface area contributed by atoms with Gasteiger partial charge < -0.3 is 15.2 Å². The average molecular weight is 417 g/mol. The van der Waals surface area contributed by atoms with Gasteiger partial charge in [-0.2, -0.15) is 0 Å². The molecule has 4 nitrogen and oxygen atoms in total. The lowest BCUT2D eigenvalue weighted by Gasteiger charge is -2.34. The Morgan fingerprint density at radius 1 is 1.00 bits per heavy atom. The lowest BCUT2D eigenvalue weighted by Crippen LogP contribution is -2.39. The number of nitrogens with zero attached hydrogens (tertiary/aromatic N) is 1. The van der Waals surface area contributed by atoms with Crippen LogP contribution in [0, 0.1) is 6.92 Å². The summed E-state index contributed by atoms with van der Waals surface area (Å²) in [6, 6.07) is 28.1. The SMILES string of the molecule is COc1cccc(NC(CN2C(CO)CCC2c2ccccc2)c2ccc(C)cc2)c1. The summed E-state index contributed by atoms with van der Waals surface area (Å²) in [4.78, 5) is 2.48. The van der Waals surface area contributed by atoms with Crippen molar-refractivity contribution in [2.45, 2.75) is 37.9 Å². The quantitative estimate of drug-likeness (QED) is 0.519. The van der Waals surface area contributed by atoms with Gasteiger partial charge in [-0.05, 0) is 43.0 Å². The number of aryl methyl sites for hydroxylation is 1. The van der Waals surface area contributed by atoms with Crippen LogP contribution in [0.5, 0.6) is 5.75 Å². The van der Waals surface area contributed by atoms with Crippen LogP contribution in [0.4, 0.5) is 5.69 Å². The fourth-order valence-corrected chi connectivity index (χ4v) is 4.60. The standard InChI is InChI=1S/C27H32N2O2/c1-20-11-13-21(14-12-20)26(28-23-9-6-10-25(17-23)31-2)18-29-24(19-30)15-16-27(29)22-7-4-3-5-8-22/h3-14,17,24,26-28,30H,15-16,18-19H2,1-2H3. The summed E-state index contributed by atoms with van der Waals surface area (Å²) in [5.41, 5.74) is 4.84. The highest BCUT2D eigenvalue weighted by molar-refractivity contribution is 5.50. The Morgan fingerprint density at radius 3 is 2.48 bits per heavy atom. The zero-order valence-electron chi connectivity index (χ0n) is 18.4. The van der Waals surface area contributed by atoms with Crippen molar-refractivity contribution >= 4 is 5.69 Å². The predicted molar refractivity (Wildman–Crippen MR) is 127 cm³/mol. The number of aliphatic hydroxyl groups excluding tert-OH is 1. The molecule has 1 heterocycles. The van der Waals surface area contributed by atoms with E-state index < -0.39 is 0 Å². The Morgan fingerprint density at radius 2 is 1.77 bits per heavy atom. The van der Waals surface area contributed by atoms with Gasteiger partial charge in [-0.15, -0.1) is 0 Å². The molecule has 0 spiro atoms. The van der Waals surface area contributed by atoms with Gasteiger partial charge in [0, 0.05) is 30.4 Å². The number of benzene rings is 3. The van der Waals surface area contributed by atoms with Crippen molar-refractivity contribution in [2.75, 3.05) is 25.6 Å². The molecule has 3 aromatic carbocycles. The normalized spacial score (nSPS) is 19.8. The smallest absolute Gasteiger partial charge is 0.120 e. The Balaban J connectivity index is 1.64. The number of rotatable bonds is 8. The maximum atomic E-state index is 10.1. The van der Waals surface area contributed by atoms with Crippen molar-refractivity contribution in [3.8, 4) is 5.75 Å². The summed E-state index contributed by atoms with van der Waals surface area (Å²) in [5.74, 6) is 0.837. The van der Waals surface area contributed by atoms with Crippen molar-refractivity contribution in [3.05, 3.63) is 95.6 Å². The minimum absolute atomic E-state index is 0.0890. The van der Waals surface area contributed by atoms with E-state index in [4.69, 9.17) is 4.74 Å². The molecule has 3 aromatic rings. The second kappa shape index (κ2) is 9.99. The highest BCUT2D eigenvalue weighted by atomic mass is 16.5. The Bertz CT molecular complexity index is 958. The number of hydrogen-bond donors (Lipinski definition) is 2. The summed E-state index contributed by atoms with van der Waals surface area (Å²) < 4.78 is 5.42. The van der Waals surface area contributed by atoms with E-state index in [0.29, 0.717) is 6.04 Å². The summed E-state index contributed by atoms with van der Waals surface area (Å²) in [5, 5.41) is 13.8. The maximum absolute atomic E-state index is 10.1. The zero-order valence-corrected chi connectivity index (χ0v) is 18.4. The van der Waals surface area contributed by atoms with E-state index in [-0.39, 0.29) is 18.7 Å². The minimum Gasteiger partial charge on any atom is -0.497 e. The largest absolute Gasteiger partial charge is 0.497 e. The van der Waals surface area contributed by atoms with E-state index in [1.165, 1.54) is 16.7 Å². The van der Waals surface area contributed by atoms with Crippen LogP contribution in [0.25, 0.3) is 0 Å². The van der Waals surface area contributed by atoms with Gasteiger partial charge in [0.15, 0.2) is 0 Å². The molecule has 2 N–H and O–H groups in total. The monoisotopic (exact) mass is 416 g/mol. The summed E-state index contributed by atoms with van der Waals surface area (Å²) in [6.45, 7) is 3.11. The van der Waals surface area contributed by atoms with Crippen LogP contribution < -0.4 is 10.1 Å².